The van der Waals surface area contributed by atoms with Crippen molar-refractivity contribution in [1.82, 2.24) is 0 Å². The van der Waals surface area contributed by atoms with Crippen molar-refractivity contribution in [1.29, 1.82) is 0 Å². The summed E-state index contributed by atoms with van der Waals surface area (Å²) < 4.78 is 16.1. The van der Waals surface area contributed by atoms with E-state index in [4.69, 9.17) is 14.2 Å². The number of rotatable bonds is 1. The first kappa shape index (κ1) is 16.7. The Kier molecular flexibility index (Phi) is 4.20. The zero-order valence-corrected chi connectivity index (χ0v) is 14.9. The number of nitrogens with one attached hydrogen (secondary N) is 1. The molecule has 6 nitrogen and oxygen atoms in total. The molecule has 26 heavy (non-hydrogen) atoms. The fraction of sp³-hybridized carbons (Fsp3) is 0.350. The van der Waals surface area contributed by atoms with Crippen LogP contribution in [0, 0.1) is 0 Å². The van der Waals surface area contributed by atoms with Crippen molar-refractivity contribution in [3.05, 3.63) is 46.5 Å². The summed E-state index contributed by atoms with van der Waals surface area (Å²) >= 11 is 0. The Morgan fingerprint density at radius 1 is 1.15 bits per heavy atom. The standard InChI is InChI=1S/C20H21NO5/c1-21-6-5-13-8-18-19(26-11-25-18)9-14(13)16(22)7-12-3-4-17(24-2)20(23)15(12)10-21/h3-4,8-9,23H,5-7,10-11H2,1-2H3/p+1. The van der Waals surface area contributed by atoms with E-state index in [1.54, 1.807) is 12.1 Å². The highest BCUT2D eigenvalue weighted by atomic mass is 16.7. The highest BCUT2D eigenvalue weighted by Crippen LogP contribution is 2.37. The number of hydrogen-bond acceptors (Lipinski definition) is 5. The predicted molar refractivity (Wildman–Crippen MR) is 94.4 cm³/mol. The van der Waals surface area contributed by atoms with E-state index in [1.165, 1.54) is 12.0 Å². The number of likely N-dealkylation sites (N-methyl/N-ethyl adjacent to an activating group) is 1. The molecule has 2 aromatic rings. The predicted octanol–water partition coefficient (Wildman–Crippen LogP) is 1.13. The Hall–Kier alpha value is -2.73. The van der Waals surface area contributed by atoms with Gasteiger partial charge in [-0.2, -0.15) is 0 Å². The van der Waals surface area contributed by atoms with Crippen molar-refractivity contribution in [3.63, 3.8) is 0 Å². The second-order valence-electron chi connectivity index (χ2n) is 6.85. The lowest BCUT2D eigenvalue weighted by Gasteiger charge is -2.21. The monoisotopic (exact) mass is 356 g/mol. The number of carbonyl (C=O) groups excluding carboxylic acids is 1. The van der Waals surface area contributed by atoms with Gasteiger partial charge in [-0.05, 0) is 29.3 Å². The second-order valence-corrected chi connectivity index (χ2v) is 6.85. The van der Waals surface area contributed by atoms with Gasteiger partial charge in [0.05, 0.1) is 26.3 Å². The Balaban J connectivity index is 1.79. The molecule has 6 heteroatoms. The maximum Gasteiger partial charge on any atom is 0.231 e. The zero-order chi connectivity index (χ0) is 18.3. The van der Waals surface area contributed by atoms with Crippen LogP contribution in [0.4, 0.5) is 0 Å². The lowest BCUT2D eigenvalue weighted by molar-refractivity contribution is -0.893. The van der Waals surface area contributed by atoms with E-state index in [9.17, 15) is 9.90 Å². The molecule has 2 aliphatic rings. The summed E-state index contributed by atoms with van der Waals surface area (Å²) in [6.07, 6.45) is 0.983. The van der Waals surface area contributed by atoms with Crippen molar-refractivity contribution in [2.45, 2.75) is 19.4 Å². The number of hydrogen-bond donors (Lipinski definition) is 2. The van der Waals surface area contributed by atoms with Gasteiger partial charge in [0.15, 0.2) is 28.8 Å². The molecule has 1 unspecified atom stereocenters. The van der Waals surface area contributed by atoms with Gasteiger partial charge in [-0.25, -0.2) is 0 Å². The molecule has 0 aromatic heterocycles. The Bertz CT molecular complexity index is 877. The molecule has 0 bridgehead atoms. The number of benzene rings is 2. The number of ketones is 1. The quantitative estimate of drug-likeness (QED) is 0.802. The molecule has 0 saturated heterocycles. The molecule has 0 fully saturated rings. The minimum absolute atomic E-state index is 0.0173. The summed E-state index contributed by atoms with van der Waals surface area (Å²) in [7, 11) is 3.61. The maximum atomic E-state index is 13.0. The van der Waals surface area contributed by atoms with Crippen LogP contribution in [0.3, 0.4) is 0 Å². The van der Waals surface area contributed by atoms with E-state index >= 15 is 0 Å². The van der Waals surface area contributed by atoms with Crippen LogP contribution in [-0.4, -0.2) is 38.4 Å². The molecule has 1 atom stereocenters. The first-order chi connectivity index (χ1) is 12.6. The van der Waals surface area contributed by atoms with Crippen LogP contribution in [-0.2, 0) is 19.4 Å². The van der Waals surface area contributed by atoms with Gasteiger partial charge in [0.2, 0.25) is 6.79 Å². The maximum absolute atomic E-state index is 13.0. The molecular weight excluding hydrogens is 334 g/mol. The number of Topliss-reactive ketones (excluding diaryl/α,β-unsaturated/α-hetero) is 1. The second kappa shape index (κ2) is 6.53. The third kappa shape index (κ3) is 2.86. The van der Waals surface area contributed by atoms with E-state index in [-0.39, 0.29) is 24.7 Å². The minimum Gasteiger partial charge on any atom is -0.504 e. The van der Waals surface area contributed by atoms with Gasteiger partial charge in [0.25, 0.3) is 0 Å². The molecule has 0 spiro atoms. The average molecular weight is 356 g/mol. The SMILES string of the molecule is COc1ccc2c(c1O)C[NH+](C)CCc1cc3c(cc1C(=O)C2)OCO3. The van der Waals surface area contributed by atoms with Gasteiger partial charge in [0.1, 0.15) is 6.54 Å². The van der Waals surface area contributed by atoms with E-state index in [1.807, 2.05) is 12.1 Å². The first-order valence-electron chi connectivity index (χ1n) is 8.71. The minimum atomic E-state index is 0.0173. The van der Waals surface area contributed by atoms with E-state index in [2.05, 4.69) is 7.05 Å². The fourth-order valence-corrected chi connectivity index (χ4v) is 3.64. The van der Waals surface area contributed by atoms with Crippen LogP contribution in [0.15, 0.2) is 24.3 Å². The Labute approximate surface area is 151 Å². The van der Waals surface area contributed by atoms with Gasteiger partial charge in [-0.15, -0.1) is 0 Å². The summed E-state index contributed by atoms with van der Waals surface area (Å²) in [5, 5.41) is 10.6. The van der Waals surface area contributed by atoms with Gasteiger partial charge in [0, 0.05) is 18.4 Å². The molecule has 136 valence electrons. The molecule has 4 rings (SSSR count). The largest absolute Gasteiger partial charge is 0.504 e. The number of fused-ring (bicyclic) bond motifs is 3. The summed E-state index contributed by atoms with van der Waals surface area (Å²) in [6.45, 7) is 1.65. The molecule has 0 saturated carbocycles. The van der Waals surface area contributed by atoms with E-state index in [0.29, 0.717) is 29.4 Å². The number of carbonyl (C=O) groups is 1. The van der Waals surface area contributed by atoms with Crippen LogP contribution < -0.4 is 19.1 Å². The van der Waals surface area contributed by atoms with E-state index < -0.39 is 0 Å². The lowest BCUT2D eigenvalue weighted by atomic mass is 9.92. The number of phenols is 1. The highest BCUT2D eigenvalue weighted by Gasteiger charge is 2.25. The summed E-state index contributed by atoms with van der Waals surface area (Å²) in [6, 6.07) is 7.30. The highest BCUT2D eigenvalue weighted by molar-refractivity contribution is 6.00. The molecule has 0 radical (unpaired) electrons. The van der Waals surface area contributed by atoms with Crippen LogP contribution in [0.5, 0.6) is 23.0 Å². The fourth-order valence-electron chi connectivity index (χ4n) is 3.64. The molecular formula is C20H22NO5+. The summed E-state index contributed by atoms with van der Waals surface area (Å²) in [5.41, 5.74) is 3.27. The molecule has 2 aromatic carbocycles. The third-order valence-electron chi connectivity index (χ3n) is 5.11. The Morgan fingerprint density at radius 3 is 2.69 bits per heavy atom. The molecule has 0 aliphatic carbocycles. The van der Waals surface area contributed by atoms with Crippen molar-refractivity contribution in [3.8, 4) is 23.0 Å². The topological polar surface area (TPSA) is 69.4 Å². The van der Waals surface area contributed by atoms with Gasteiger partial charge in [-0.3, -0.25) is 4.79 Å². The third-order valence-corrected chi connectivity index (χ3v) is 5.11. The van der Waals surface area contributed by atoms with Crippen molar-refractivity contribution in [2.24, 2.45) is 0 Å². The lowest BCUT2D eigenvalue weighted by Crippen LogP contribution is -3.07. The molecule has 2 aliphatic heterocycles. The van der Waals surface area contributed by atoms with Crippen molar-refractivity contribution < 1.29 is 29.0 Å². The zero-order valence-electron chi connectivity index (χ0n) is 14.9. The van der Waals surface area contributed by atoms with Gasteiger partial charge < -0.3 is 24.2 Å². The van der Waals surface area contributed by atoms with Crippen LogP contribution in [0.2, 0.25) is 0 Å². The van der Waals surface area contributed by atoms with Crippen molar-refractivity contribution in [2.75, 3.05) is 27.5 Å². The van der Waals surface area contributed by atoms with Gasteiger partial charge >= 0.3 is 0 Å². The number of phenolic OH excluding ortho intramolecular Hbond substituents is 1. The van der Waals surface area contributed by atoms with Crippen LogP contribution in [0.1, 0.15) is 27.0 Å². The summed E-state index contributed by atoms with van der Waals surface area (Å²) in [4.78, 5) is 14.3. The van der Waals surface area contributed by atoms with Crippen LogP contribution in [0.25, 0.3) is 0 Å². The van der Waals surface area contributed by atoms with Crippen LogP contribution >= 0.6 is 0 Å². The first-order valence-corrected chi connectivity index (χ1v) is 8.71. The van der Waals surface area contributed by atoms with Gasteiger partial charge in [-0.1, -0.05) is 6.07 Å². The number of quaternary nitrogens is 1. The molecule has 0 amide bonds. The molecule has 2 heterocycles. The normalized spacial score (nSPS) is 18.8. The number of methoxy groups -OCH3 is 1. The Morgan fingerprint density at radius 2 is 1.92 bits per heavy atom. The smallest absolute Gasteiger partial charge is 0.231 e. The summed E-state index contributed by atoms with van der Waals surface area (Å²) in [5.74, 6) is 1.90. The number of aromatic hydroxyl groups is 1. The average Bonchev–Trinajstić information content (AvgIpc) is 3.09. The van der Waals surface area contributed by atoms with E-state index in [0.717, 1.165) is 29.7 Å². The van der Waals surface area contributed by atoms with Crippen molar-refractivity contribution >= 4 is 5.78 Å². The molecule has 2 N–H and O–H groups in total. The number of ether oxygens (including phenoxy) is 3.